The number of carbonyl (C=O) groups is 2. The van der Waals surface area contributed by atoms with Gasteiger partial charge in [-0.25, -0.2) is 0 Å². The molecular formula is C28H25ClN2O2. The van der Waals surface area contributed by atoms with Gasteiger partial charge in [0.05, 0.1) is 23.3 Å². The fourth-order valence-corrected chi connectivity index (χ4v) is 5.04. The lowest BCUT2D eigenvalue weighted by Gasteiger charge is -2.37. The van der Waals surface area contributed by atoms with Crippen molar-refractivity contribution in [1.82, 2.24) is 0 Å². The molecular weight excluding hydrogens is 432 g/mol. The van der Waals surface area contributed by atoms with Crippen LogP contribution in [0, 0.1) is 11.3 Å². The van der Waals surface area contributed by atoms with E-state index < -0.39 is 0 Å². The Balaban J connectivity index is 1.61. The molecule has 1 N–H and O–H groups in total. The second-order valence-corrected chi connectivity index (χ2v) is 10.1. The summed E-state index contributed by atoms with van der Waals surface area (Å²) in [6.45, 7) is 4.21. The summed E-state index contributed by atoms with van der Waals surface area (Å²) in [4.78, 5) is 31.4. The number of aliphatic imine (C=N–C) groups is 1. The maximum absolute atomic E-state index is 13.4. The van der Waals surface area contributed by atoms with Gasteiger partial charge in [0.25, 0.3) is 0 Å². The lowest BCUT2D eigenvalue weighted by atomic mass is 9.68. The van der Waals surface area contributed by atoms with Crippen molar-refractivity contribution in [2.45, 2.75) is 32.7 Å². The minimum absolute atomic E-state index is 0.0475. The fraction of sp³-hybridized carbons (Fsp3) is 0.250. The van der Waals surface area contributed by atoms with Gasteiger partial charge in [-0.05, 0) is 47.7 Å². The lowest BCUT2D eigenvalue weighted by molar-refractivity contribution is -0.124. The van der Waals surface area contributed by atoms with Crippen LogP contribution in [0.4, 0.5) is 11.4 Å². The normalized spacial score (nSPS) is 21.2. The summed E-state index contributed by atoms with van der Waals surface area (Å²) in [7, 11) is 0. The molecule has 0 amide bonds. The van der Waals surface area contributed by atoms with Gasteiger partial charge in [-0.15, -0.1) is 0 Å². The van der Waals surface area contributed by atoms with Crippen molar-refractivity contribution in [3.63, 3.8) is 0 Å². The van der Waals surface area contributed by atoms with Gasteiger partial charge in [-0.1, -0.05) is 67.9 Å². The standard InChI is InChI=1S/C28H25ClN2O2/c1-28(2)15-23-25(24(32)16-28)26(17-8-11-20(29)12-9-17)31-21-13-10-19(14-22(21)30-23)27(33)18-6-4-3-5-7-18/h3-14,25-26,31H,15-16H2,1-2H3. The number of Topliss-reactive ketones (excluding diaryl/α,β-unsaturated/α-hetero) is 1. The van der Waals surface area contributed by atoms with Gasteiger partial charge in [0.1, 0.15) is 5.78 Å². The van der Waals surface area contributed by atoms with Crippen LogP contribution in [0.25, 0.3) is 0 Å². The molecule has 5 rings (SSSR count). The van der Waals surface area contributed by atoms with Crippen LogP contribution in [0.1, 0.15) is 54.2 Å². The van der Waals surface area contributed by atoms with E-state index in [9.17, 15) is 9.59 Å². The van der Waals surface area contributed by atoms with Crippen LogP contribution in [-0.2, 0) is 4.79 Å². The van der Waals surface area contributed by atoms with Crippen LogP contribution in [0.5, 0.6) is 0 Å². The molecule has 1 heterocycles. The van der Waals surface area contributed by atoms with E-state index in [1.165, 1.54) is 0 Å². The number of hydrogen-bond acceptors (Lipinski definition) is 4. The predicted molar refractivity (Wildman–Crippen MR) is 133 cm³/mol. The van der Waals surface area contributed by atoms with Crippen LogP contribution in [0.15, 0.2) is 77.8 Å². The van der Waals surface area contributed by atoms with E-state index in [0.29, 0.717) is 28.3 Å². The molecule has 166 valence electrons. The Kier molecular flexibility index (Phi) is 5.41. The van der Waals surface area contributed by atoms with Crippen LogP contribution in [-0.4, -0.2) is 17.3 Å². The van der Waals surface area contributed by atoms with Crippen molar-refractivity contribution >= 4 is 40.3 Å². The Hall–Kier alpha value is -3.24. The van der Waals surface area contributed by atoms with Crippen LogP contribution in [0.3, 0.4) is 0 Å². The molecule has 2 unspecified atom stereocenters. The number of halogens is 1. The third-order valence-electron chi connectivity index (χ3n) is 6.45. The van der Waals surface area contributed by atoms with E-state index in [4.69, 9.17) is 16.6 Å². The fourth-order valence-electron chi connectivity index (χ4n) is 4.91. The Morgan fingerprint density at radius 2 is 1.70 bits per heavy atom. The summed E-state index contributed by atoms with van der Waals surface area (Å²) in [5.41, 5.74) is 4.42. The number of fused-ring (bicyclic) bond motifs is 2. The number of nitrogens with zero attached hydrogens (tertiary/aromatic N) is 1. The summed E-state index contributed by atoms with van der Waals surface area (Å²) in [6.07, 6.45) is 1.24. The van der Waals surface area contributed by atoms with Crippen molar-refractivity contribution < 1.29 is 9.59 Å². The SMILES string of the molecule is CC1(C)CC(=O)C2C(=Nc3cc(C(=O)c4ccccc4)ccc3NC2c2ccc(Cl)cc2)C1. The summed E-state index contributed by atoms with van der Waals surface area (Å²) < 4.78 is 0. The van der Waals surface area contributed by atoms with E-state index in [0.717, 1.165) is 23.4 Å². The van der Waals surface area contributed by atoms with E-state index in [1.807, 2.05) is 72.8 Å². The van der Waals surface area contributed by atoms with Crippen molar-refractivity contribution in [1.29, 1.82) is 0 Å². The Labute approximate surface area is 198 Å². The summed E-state index contributed by atoms with van der Waals surface area (Å²) in [6, 6.07) is 22.1. The van der Waals surface area contributed by atoms with Gasteiger partial charge in [-0.2, -0.15) is 0 Å². The number of nitrogens with one attached hydrogen (secondary N) is 1. The molecule has 1 saturated carbocycles. The lowest BCUT2D eigenvalue weighted by Crippen LogP contribution is -2.42. The average molecular weight is 457 g/mol. The maximum atomic E-state index is 13.4. The van der Waals surface area contributed by atoms with Crippen molar-refractivity contribution in [3.8, 4) is 0 Å². The highest BCUT2D eigenvalue weighted by Crippen LogP contribution is 2.45. The molecule has 2 atom stereocenters. The molecule has 0 saturated heterocycles. The smallest absolute Gasteiger partial charge is 0.193 e. The van der Waals surface area contributed by atoms with Gasteiger partial charge in [0, 0.05) is 28.3 Å². The van der Waals surface area contributed by atoms with E-state index in [-0.39, 0.29) is 28.9 Å². The highest BCUT2D eigenvalue weighted by Gasteiger charge is 2.44. The van der Waals surface area contributed by atoms with Crippen LogP contribution >= 0.6 is 11.6 Å². The molecule has 33 heavy (non-hydrogen) atoms. The zero-order chi connectivity index (χ0) is 23.2. The quantitative estimate of drug-likeness (QED) is 0.440. The van der Waals surface area contributed by atoms with E-state index >= 15 is 0 Å². The maximum Gasteiger partial charge on any atom is 0.193 e. The molecule has 0 spiro atoms. The Morgan fingerprint density at radius 3 is 2.42 bits per heavy atom. The molecule has 4 nitrogen and oxygen atoms in total. The topological polar surface area (TPSA) is 58.5 Å². The van der Waals surface area contributed by atoms with Crippen LogP contribution in [0.2, 0.25) is 5.02 Å². The Bertz CT molecular complexity index is 1260. The number of ketones is 2. The molecule has 1 fully saturated rings. The first-order valence-electron chi connectivity index (χ1n) is 11.2. The van der Waals surface area contributed by atoms with Gasteiger partial charge in [0.2, 0.25) is 0 Å². The first-order chi connectivity index (χ1) is 15.8. The van der Waals surface area contributed by atoms with Gasteiger partial charge in [0.15, 0.2) is 5.78 Å². The molecule has 2 aliphatic rings. The van der Waals surface area contributed by atoms with Crippen molar-refractivity contribution in [2.24, 2.45) is 16.3 Å². The number of hydrogen-bond donors (Lipinski definition) is 1. The van der Waals surface area contributed by atoms with Crippen molar-refractivity contribution in [2.75, 3.05) is 5.32 Å². The summed E-state index contributed by atoms with van der Waals surface area (Å²) >= 11 is 6.12. The molecule has 1 aliphatic carbocycles. The molecule has 1 aliphatic heterocycles. The third kappa shape index (κ3) is 4.23. The van der Waals surface area contributed by atoms with Gasteiger partial charge >= 0.3 is 0 Å². The highest BCUT2D eigenvalue weighted by molar-refractivity contribution is 6.30. The monoisotopic (exact) mass is 456 g/mol. The molecule has 0 bridgehead atoms. The third-order valence-corrected chi connectivity index (χ3v) is 6.70. The average Bonchev–Trinajstić information content (AvgIpc) is 2.95. The minimum atomic E-state index is -0.361. The molecule has 5 heteroatoms. The zero-order valence-electron chi connectivity index (χ0n) is 18.6. The van der Waals surface area contributed by atoms with Gasteiger partial charge in [-0.3, -0.25) is 14.6 Å². The van der Waals surface area contributed by atoms with E-state index in [1.54, 1.807) is 0 Å². The molecule has 0 radical (unpaired) electrons. The highest BCUT2D eigenvalue weighted by atomic mass is 35.5. The van der Waals surface area contributed by atoms with E-state index in [2.05, 4.69) is 19.2 Å². The first kappa shape index (κ1) is 21.6. The summed E-state index contributed by atoms with van der Waals surface area (Å²) in [5, 5.41) is 4.22. The number of anilines is 1. The second kappa shape index (κ2) is 8.27. The molecule has 0 aromatic heterocycles. The Morgan fingerprint density at radius 1 is 0.970 bits per heavy atom. The molecule has 3 aromatic carbocycles. The predicted octanol–water partition coefficient (Wildman–Crippen LogP) is 6.82. The van der Waals surface area contributed by atoms with Crippen molar-refractivity contribution in [3.05, 3.63) is 94.5 Å². The second-order valence-electron chi connectivity index (χ2n) is 9.67. The van der Waals surface area contributed by atoms with Gasteiger partial charge < -0.3 is 5.32 Å². The van der Waals surface area contributed by atoms with Crippen LogP contribution < -0.4 is 5.32 Å². The molecule has 3 aromatic rings. The summed E-state index contributed by atoms with van der Waals surface area (Å²) in [5.74, 6) is -0.223. The number of benzene rings is 3. The number of rotatable bonds is 3. The first-order valence-corrected chi connectivity index (χ1v) is 11.5. The zero-order valence-corrected chi connectivity index (χ0v) is 19.4. The minimum Gasteiger partial charge on any atom is -0.375 e. The number of carbonyl (C=O) groups excluding carboxylic acids is 2. The largest absolute Gasteiger partial charge is 0.375 e.